The van der Waals surface area contributed by atoms with Crippen molar-refractivity contribution >= 4 is 31.6 Å². The Kier molecular flexibility index (Phi) is 8.15. The SMILES string of the molecule is Cc1ccc(C(=O)NCCOc2ccc(S(=O)(=O)N(C)C)cc2)cc1NS(=O)(=O)c1ccccc1. The van der Waals surface area contributed by atoms with E-state index in [0.717, 1.165) is 4.31 Å². The molecule has 0 fully saturated rings. The fraction of sp³-hybridized carbons (Fsp3) is 0.208. The molecule has 11 heteroatoms. The minimum atomic E-state index is -3.79. The van der Waals surface area contributed by atoms with E-state index in [1.165, 1.54) is 44.4 Å². The summed E-state index contributed by atoms with van der Waals surface area (Å²) in [7, 11) is -4.39. The molecular formula is C24H27N3O6S2. The number of aryl methyl sites for hydroxylation is 1. The van der Waals surface area contributed by atoms with Gasteiger partial charge in [-0.1, -0.05) is 24.3 Å². The summed E-state index contributed by atoms with van der Waals surface area (Å²) in [5, 5.41) is 2.72. The van der Waals surface area contributed by atoms with E-state index in [-0.39, 0.29) is 28.8 Å². The number of hydrogen-bond acceptors (Lipinski definition) is 6. The summed E-state index contributed by atoms with van der Waals surface area (Å²) in [6, 6.07) is 18.7. The van der Waals surface area contributed by atoms with Crippen LogP contribution in [0.5, 0.6) is 5.75 Å². The van der Waals surface area contributed by atoms with Crippen LogP contribution in [0.2, 0.25) is 0 Å². The van der Waals surface area contributed by atoms with E-state index in [2.05, 4.69) is 10.0 Å². The van der Waals surface area contributed by atoms with Crippen LogP contribution in [-0.4, -0.2) is 54.3 Å². The van der Waals surface area contributed by atoms with Crippen LogP contribution in [0.1, 0.15) is 15.9 Å². The molecule has 0 unspecified atom stereocenters. The Hall–Kier alpha value is -3.41. The highest BCUT2D eigenvalue weighted by molar-refractivity contribution is 7.92. The van der Waals surface area contributed by atoms with Gasteiger partial charge in [0.05, 0.1) is 22.0 Å². The molecule has 3 aromatic carbocycles. The van der Waals surface area contributed by atoms with Crippen molar-refractivity contribution in [1.82, 2.24) is 9.62 Å². The molecule has 0 spiro atoms. The second-order valence-corrected chi connectivity index (χ2v) is 11.6. The van der Waals surface area contributed by atoms with Gasteiger partial charge in [0.2, 0.25) is 10.0 Å². The third-order valence-electron chi connectivity index (χ3n) is 5.06. The van der Waals surface area contributed by atoms with Crippen molar-refractivity contribution in [3.05, 3.63) is 83.9 Å². The number of amides is 1. The van der Waals surface area contributed by atoms with E-state index in [1.54, 1.807) is 49.4 Å². The lowest BCUT2D eigenvalue weighted by atomic mass is 10.1. The third kappa shape index (κ3) is 6.59. The van der Waals surface area contributed by atoms with Crippen LogP contribution in [0.15, 0.2) is 82.6 Å². The van der Waals surface area contributed by atoms with Crippen molar-refractivity contribution < 1.29 is 26.4 Å². The van der Waals surface area contributed by atoms with Crippen LogP contribution < -0.4 is 14.8 Å². The Morgan fingerprint density at radius 3 is 2.17 bits per heavy atom. The predicted molar refractivity (Wildman–Crippen MR) is 134 cm³/mol. The van der Waals surface area contributed by atoms with E-state index >= 15 is 0 Å². The quantitative estimate of drug-likeness (QED) is 0.399. The first-order valence-electron chi connectivity index (χ1n) is 10.6. The average Bonchev–Trinajstić information content (AvgIpc) is 2.83. The molecule has 3 rings (SSSR count). The highest BCUT2D eigenvalue weighted by Gasteiger charge is 2.17. The number of sulfonamides is 2. The lowest BCUT2D eigenvalue weighted by molar-refractivity contribution is 0.0947. The lowest BCUT2D eigenvalue weighted by Gasteiger charge is -2.13. The molecule has 0 saturated heterocycles. The zero-order valence-corrected chi connectivity index (χ0v) is 21.2. The van der Waals surface area contributed by atoms with Gasteiger partial charge in [0, 0.05) is 19.7 Å². The summed E-state index contributed by atoms with van der Waals surface area (Å²) >= 11 is 0. The van der Waals surface area contributed by atoms with Gasteiger partial charge in [0.15, 0.2) is 0 Å². The zero-order chi connectivity index (χ0) is 25.6. The van der Waals surface area contributed by atoms with Gasteiger partial charge in [0.1, 0.15) is 12.4 Å². The molecule has 35 heavy (non-hydrogen) atoms. The number of carbonyl (C=O) groups excluding carboxylic acids is 1. The second-order valence-electron chi connectivity index (χ2n) is 7.81. The molecule has 0 aliphatic heterocycles. The third-order valence-corrected chi connectivity index (χ3v) is 8.27. The molecular weight excluding hydrogens is 490 g/mol. The number of hydrogen-bond donors (Lipinski definition) is 2. The minimum Gasteiger partial charge on any atom is -0.492 e. The van der Waals surface area contributed by atoms with Crippen LogP contribution in [0, 0.1) is 6.92 Å². The van der Waals surface area contributed by atoms with Crippen LogP contribution in [0.3, 0.4) is 0 Å². The summed E-state index contributed by atoms with van der Waals surface area (Å²) in [6.45, 7) is 2.09. The smallest absolute Gasteiger partial charge is 0.261 e. The minimum absolute atomic E-state index is 0.124. The Labute approximate surface area is 205 Å². The molecule has 0 bridgehead atoms. The molecule has 9 nitrogen and oxygen atoms in total. The topological polar surface area (TPSA) is 122 Å². The molecule has 0 aliphatic carbocycles. The lowest BCUT2D eigenvalue weighted by Crippen LogP contribution is -2.28. The summed E-state index contributed by atoms with van der Waals surface area (Å²) in [5.41, 5.74) is 1.27. The first-order chi connectivity index (χ1) is 16.5. The van der Waals surface area contributed by atoms with E-state index in [9.17, 15) is 21.6 Å². The maximum Gasteiger partial charge on any atom is 0.261 e. The molecule has 0 radical (unpaired) electrons. The number of ether oxygens (including phenoxy) is 1. The average molecular weight is 518 g/mol. The molecule has 0 atom stereocenters. The first-order valence-corrected chi connectivity index (χ1v) is 13.5. The van der Waals surface area contributed by atoms with Gasteiger partial charge in [-0.2, -0.15) is 0 Å². The molecule has 0 saturated carbocycles. The standard InChI is InChI=1S/C24H27N3O6S2/c1-18-9-10-19(17-23(18)26-34(29,30)21-7-5-4-6-8-21)24(28)25-15-16-33-20-11-13-22(14-12-20)35(31,32)27(2)3/h4-14,17,26H,15-16H2,1-3H3,(H,25,28). The van der Waals surface area contributed by atoms with Crippen molar-refractivity contribution in [3.8, 4) is 5.75 Å². The molecule has 186 valence electrons. The number of nitrogens with zero attached hydrogens (tertiary/aromatic N) is 1. The van der Waals surface area contributed by atoms with Crippen LogP contribution in [0.4, 0.5) is 5.69 Å². The summed E-state index contributed by atoms with van der Waals surface area (Å²) in [5.74, 6) is 0.0751. The zero-order valence-electron chi connectivity index (χ0n) is 19.6. The van der Waals surface area contributed by atoms with Crippen LogP contribution in [-0.2, 0) is 20.0 Å². The summed E-state index contributed by atoms with van der Waals surface area (Å²) in [4.78, 5) is 12.8. The summed E-state index contributed by atoms with van der Waals surface area (Å²) in [6.07, 6.45) is 0. The highest BCUT2D eigenvalue weighted by atomic mass is 32.2. The molecule has 0 aromatic heterocycles. The Morgan fingerprint density at radius 1 is 0.886 bits per heavy atom. The number of benzene rings is 3. The van der Waals surface area contributed by atoms with Crippen LogP contribution in [0.25, 0.3) is 0 Å². The maximum absolute atomic E-state index is 12.6. The number of carbonyl (C=O) groups is 1. The number of rotatable bonds is 10. The highest BCUT2D eigenvalue weighted by Crippen LogP contribution is 2.21. The van der Waals surface area contributed by atoms with Crippen molar-refractivity contribution in [1.29, 1.82) is 0 Å². The summed E-state index contributed by atoms with van der Waals surface area (Å²) < 4.78 is 58.7. The van der Waals surface area contributed by atoms with Gasteiger partial charge < -0.3 is 10.1 Å². The monoisotopic (exact) mass is 517 g/mol. The molecule has 0 heterocycles. The Morgan fingerprint density at radius 2 is 1.54 bits per heavy atom. The number of anilines is 1. The second kappa shape index (κ2) is 10.9. The van der Waals surface area contributed by atoms with Crippen molar-refractivity contribution in [2.75, 3.05) is 32.0 Å². The van der Waals surface area contributed by atoms with E-state index < -0.39 is 20.0 Å². The normalized spacial score (nSPS) is 11.8. The van der Waals surface area contributed by atoms with Crippen LogP contribution >= 0.6 is 0 Å². The van der Waals surface area contributed by atoms with Crippen molar-refractivity contribution in [2.24, 2.45) is 0 Å². The fourth-order valence-electron chi connectivity index (χ4n) is 3.03. The number of nitrogens with one attached hydrogen (secondary N) is 2. The van der Waals surface area contributed by atoms with Gasteiger partial charge in [-0.3, -0.25) is 9.52 Å². The largest absolute Gasteiger partial charge is 0.492 e. The van der Waals surface area contributed by atoms with E-state index in [0.29, 0.717) is 22.6 Å². The Bertz CT molecular complexity index is 1390. The van der Waals surface area contributed by atoms with Gasteiger partial charge in [-0.25, -0.2) is 21.1 Å². The van der Waals surface area contributed by atoms with Gasteiger partial charge in [0.25, 0.3) is 15.9 Å². The van der Waals surface area contributed by atoms with Gasteiger partial charge in [-0.05, 0) is 61.0 Å². The molecule has 2 N–H and O–H groups in total. The fourth-order valence-corrected chi connectivity index (χ4v) is 5.08. The molecule has 1 amide bonds. The van der Waals surface area contributed by atoms with E-state index in [4.69, 9.17) is 4.74 Å². The van der Waals surface area contributed by atoms with Crippen molar-refractivity contribution in [3.63, 3.8) is 0 Å². The van der Waals surface area contributed by atoms with E-state index in [1.807, 2.05) is 0 Å². The van der Waals surface area contributed by atoms with Gasteiger partial charge in [-0.15, -0.1) is 0 Å². The van der Waals surface area contributed by atoms with Crippen molar-refractivity contribution in [2.45, 2.75) is 16.7 Å². The first kappa shape index (κ1) is 26.2. The predicted octanol–water partition coefficient (Wildman–Crippen LogP) is 2.85. The Balaban J connectivity index is 1.57. The maximum atomic E-state index is 12.6. The molecule has 0 aliphatic rings. The van der Waals surface area contributed by atoms with Gasteiger partial charge >= 0.3 is 0 Å². The molecule has 3 aromatic rings.